The Labute approximate surface area is 154 Å². The summed E-state index contributed by atoms with van der Waals surface area (Å²) in [6.07, 6.45) is 0.0642. The van der Waals surface area contributed by atoms with Gasteiger partial charge in [0.2, 0.25) is 11.8 Å². The molecule has 0 aliphatic rings. The number of benzene rings is 1. The molecule has 1 heterocycles. The molecule has 144 valence electrons. The van der Waals surface area contributed by atoms with E-state index in [1.54, 1.807) is 6.07 Å². The number of alkyl halides is 3. The Balaban J connectivity index is 1.91. The number of carbonyl (C=O) groups is 1. The molecule has 0 spiro atoms. The first-order valence-corrected chi connectivity index (χ1v) is 7.90. The van der Waals surface area contributed by atoms with Crippen LogP contribution in [-0.4, -0.2) is 36.6 Å². The molecule has 0 atom stereocenters. The summed E-state index contributed by atoms with van der Waals surface area (Å²) < 4.78 is 48.0. The van der Waals surface area contributed by atoms with E-state index in [0.717, 1.165) is 12.1 Å². The van der Waals surface area contributed by atoms with Gasteiger partial charge < -0.3 is 14.8 Å². The van der Waals surface area contributed by atoms with Crippen LogP contribution in [0.1, 0.15) is 16.7 Å². The van der Waals surface area contributed by atoms with E-state index in [-0.39, 0.29) is 24.9 Å². The monoisotopic (exact) mass is 381 g/mol. The molecule has 0 aliphatic heterocycles. The summed E-state index contributed by atoms with van der Waals surface area (Å²) in [7, 11) is 2.84. The van der Waals surface area contributed by atoms with E-state index in [2.05, 4.69) is 15.3 Å². The zero-order valence-electron chi connectivity index (χ0n) is 14.7. The molecule has 0 fully saturated rings. The Morgan fingerprint density at radius 3 is 2.70 bits per heavy atom. The number of amides is 1. The number of rotatable bonds is 7. The van der Waals surface area contributed by atoms with Crippen molar-refractivity contribution in [2.75, 3.05) is 20.8 Å². The minimum absolute atomic E-state index is 0.134. The maximum atomic E-state index is 12.7. The van der Waals surface area contributed by atoms with E-state index in [1.165, 1.54) is 38.6 Å². The van der Waals surface area contributed by atoms with Crippen LogP contribution in [0.15, 0.2) is 36.5 Å². The molecular weight excluding hydrogens is 363 g/mol. The van der Waals surface area contributed by atoms with Crippen LogP contribution >= 0.6 is 0 Å². The van der Waals surface area contributed by atoms with Crippen molar-refractivity contribution in [1.82, 2.24) is 15.3 Å². The second-order valence-electron chi connectivity index (χ2n) is 5.39. The highest BCUT2D eigenvalue weighted by molar-refractivity contribution is 5.91. The van der Waals surface area contributed by atoms with Gasteiger partial charge in [-0.25, -0.2) is 4.98 Å². The summed E-state index contributed by atoms with van der Waals surface area (Å²) in [6, 6.07) is 5.14. The van der Waals surface area contributed by atoms with Crippen molar-refractivity contribution in [3.8, 4) is 11.9 Å². The lowest BCUT2D eigenvalue weighted by Gasteiger charge is -2.09. The van der Waals surface area contributed by atoms with Gasteiger partial charge >= 0.3 is 12.2 Å². The minimum Gasteiger partial charge on any atom is -0.480 e. The Hall–Kier alpha value is -3.10. The van der Waals surface area contributed by atoms with E-state index in [4.69, 9.17) is 9.47 Å². The van der Waals surface area contributed by atoms with Crippen LogP contribution in [0.3, 0.4) is 0 Å². The quantitative estimate of drug-likeness (QED) is 0.747. The van der Waals surface area contributed by atoms with Gasteiger partial charge in [-0.05, 0) is 24.1 Å². The van der Waals surface area contributed by atoms with Crippen LogP contribution in [0.25, 0.3) is 6.08 Å². The summed E-state index contributed by atoms with van der Waals surface area (Å²) in [5.74, 6) is -0.158. The first kappa shape index (κ1) is 20.2. The van der Waals surface area contributed by atoms with Crippen LogP contribution in [0.2, 0.25) is 0 Å². The summed E-state index contributed by atoms with van der Waals surface area (Å²) in [6.45, 7) is 0.195. The van der Waals surface area contributed by atoms with Gasteiger partial charge in [0.05, 0.1) is 25.3 Å². The molecule has 0 aliphatic carbocycles. The molecule has 1 amide bonds. The Kier molecular flexibility index (Phi) is 6.75. The highest BCUT2D eigenvalue weighted by atomic mass is 19.4. The van der Waals surface area contributed by atoms with E-state index in [9.17, 15) is 18.0 Å². The van der Waals surface area contributed by atoms with Gasteiger partial charge in [-0.15, -0.1) is 0 Å². The lowest BCUT2D eigenvalue weighted by Crippen LogP contribution is -2.23. The second-order valence-corrected chi connectivity index (χ2v) is 5.39. The molecule has 2 rings (SSSR count). The van der Waals surface area contributed by atoms with Gasteiger partial charge in [0.1, 0.15) is 0 Å². The predicted octanol–water partition coefficient (Wildman–Crippen LogP) is 2.88. The SMILES string of the molecule is COc1ncc(C=CC(=O)NCCc2cccc(C(F)(F)F)c2)c(OC)n1. The van der Waals surface area contributed by atoms with E-state index >= 15 is 0 Å². The summed E-state index contributed by atoms with van der Waals surface area (Å²) >= 11 is 0. The molecule has 0 bridgehead atoms. The third kappa shape index (κ3) is 5.98. The van der Waals surface area contributed by atoms with Crippen LogP contribution in [0.5, 0.6) is 11.9 Å². The number of aromatic nitrogens is 2. The average molecular weight is 381 g/mol. The maximum Gasteiger partial charge on any atom is 0.416 e. The fourth-order valence-electron chi connectivity index (χ4n) is 2.19. The Morgan fingerprint density at radius 2 is 2.04 bits per heavy atom. The van der Waals surface area contributed by atoms with Crippen molar-refractivity contribution in [2.45, 2.75) is 12.6 Å². The lowest BCUT2D eigenvalue weighted by atomic mass is 10.1. The molecule has 0 radical (unpaired) electrons. The molecule has 6 nitrogen and oxygen atoms in total. The van der Waals surface area contributed by atoms with Gasteiger partial charge in [0.15, 0.2) is 0 Å². The molecule has 0 saturated carbocycles. The number of nitrogens with zero attached hydrogens (tertiary/aromatic N) is 2. The highest BCUT2D eigenvalue weighted by Gasteiger charge is 2.30. The zero-order chi connectivity index (χ0) is 19.9. The number of halogens is 3. The molecule has 9 heteroatoms. The van der Waals surface area contributed by atoms with E-state index < -0.39 is 17.6 Å². The minimum atomic E-state index is -4.39. The number of carbonyl (C=O) groups excluding carboxylic acids is 1. The fourth-order valence-corrected chi connectivity index (χ4v) is 2.19. The lowest BCUT2D eigenvalue weighted by molar-refractivity contribution is -0.137. The summed E-state index contributed by atoms with van der Waals surface area (Å²) in [5.41, 5.74) is 0.253. The molecular formula is C18H18F3N3O3. The summed E-state index contributed by atoms with van der Waals surface area (Å²) in [5, 5.41) is 2.61. The van der Waals surface area contributed by atoms with Gasteiger partial charge in [0, 0.05) is 18.8 Å². The molecule has 1 aromatic carbocycles. The third-order valence-corrected chi connectivity index (χ3v) is 3.52. The number of nitrogens with one attached hydrogen (secondary N) is 1. The fraction of sp³-hybridized carbons (Fsp3) is 0.278. The Bertz CT molecular complexity index is 823. The van der Waals surface area contributed by atoms with Crippen LogP contribution in [0.4, 0.5) is 13.2 Å². The largest absolute Gasteiger partial charge is 0.480 e. The maximum absolute atomic E-state index is 12.7. The Morgan fingerprint density at radius 1 is 1.26 bits per heavy atom. The van der Waals surface area contributed by atoms with E-state index in [0.29, 0.717) is 11.1 Å². The average Bonchev–Trinajstić information content (AvgIpc) is 2.65. The van der Waals surface area contributed by atoms with Crippen LogP contribution in [0, 0.1) is 0 Å². The normalized spacial score (nSPS) is 11.4. The number of ether oxygens (including phenoxy) is 2. The third-order valence-electron chi connectivity index (χ3n) is 3.52. The van der Waals surface area contributed by atoms with Gasteiger partial charge in [-0.3, -0.25) is 4.79 Å². The van der Waals surface area contributed by atoms with Crippen LogP contribution in [-0.2, 0) is 17.4 Å². The van der Waals surface area contributed by atoms with Gasteiger partial charge in [-0.2, -0.15) is 18.2 Å². The standard InChI is InChI=1S/C18H18F3N3O3/c1-26-16-13(11-23-17(24-16)27-2)6-7-15(25)22-9-8-12-4-3-5-14(10-12)18(19,20)21/h3-7,10-11H,8-9H2,1-2H3,(H,22,25). The number of hydrogen-bond acceptors (Lipinski definition) is 5. The predicted molar refractivity (Wildman–Crippen MR) is 92.3 cm³/mol. The number of methoxy groups -OCH3 is 2. The number of hydrogen-bond donors (Lipinski definition) is 1. The molecule has 0 saturated heterocycles. The summed E-state index contributed by atoms with van der Waals surface area (Å²) in [4.78, 5) is 19.8. The van der Waals surface area contributed by atoms with Crippen LogP contribution < -0.4 is 14.8 Å². The smallest absolute Gasteiger partial charge is 0.416 e. The van der Waals surface area contributed by atoms with Crippen molar-refractivity contribution < 1.29 is 27.4 Å². The van der Waals surface area contributed by atoms with Crippen molar-refractivity contribution in [3.63, 3.8) is 0 Å². The molecule has 2 aromatic rings. The zero-order valence-corrected chi connectivity index (χ0v) is 14.7. The highest BCUT2D eigenvalue weighted by Crippen LogP contribution is 2.29. The first-order valence-electron chi connectivity index (χ1n) is 7.90. The second kappa shape index (κ2) is 9.02. The topological polar surface area (TPSA) is 73.3 Å². The first-order chi connectivity index (χ1) is 12.8. The molecule has 1 N–H and O–H groups in total. The molecule has 1 aromatic heterocycles. The van der Waals surface area contributed by atoms with Gasteiger partial charge in [-0.1, -0.05) is 18.2 Å². The molecule has 0 unspecified atom stereocenters. The van der Waals surface area contributed by atoms with E-state index in [1.807, 2.05) is 0 Å². The molecule has 27 heavy (non-hydrogen) atoms. The van der Waals surface area contributed by atoms with Gasteiger partial charge in [0.25, 0.3) is 0 Å². The van der Waals surface area contributed by atoms with Crippen molar-refractivity contribution in [3.05, 3.63) is 53.2 Å². The van der Waals surface area contributed by atoms with Crippen molar-refractivity contribution in [2.24, 2.45) is 0 Å². The van der Waals surface area contributed by atoms with Crippen molar-refractivity contribution in [1.29, 1.82) is 0 Å². The van der Waals surface area contributed by atoms with Crippen molar-refractivity contribution >= 4 is 12.0 Å².